The molecule has 0 radical (unpaired) electrons. The number of nitrogens with one attached hydrogen (secondary N) is 1. The van der Waals surface area contributed by atoms with Gasteiger partial charge in [0, 0.05) is 21.3 Å². The van der Waals surface area contributed by atoms with Crippen molar-refractivity contribution in [1.82, 2.24) is 5.32 Å². The number of hydrogen-bond acceptors (Lipinski definition) is 2. The molecule has 1 aliphatic rings. The van der Waals surface area contributed by atoms with E-state index in [-0.39, 0.29) is 0 Å². The molecular formula is C13H19BrClNS. The SMILES string of the molecule is CC(C)CC1(Cc2cc(Br)c(Cl)s2)CCCN1. The van der Waals surface area contributed by atoms with Crippen molar-refractivity contribution < 1.29 is 0 Å². The average Bonchev–Trinajstić information content (AvgIpc) is 2.75. The van der Waals surface area contributed by atoms with Crippen molar-refractivity contribution in [2.45, 2.75) is 45.1 Å². The van der Waals surface area contributed by atoms with Crippen molar-refractivity contribution in [2.75, 3.05) is 6.54 Å². The molecule has 0 aromatic carbocycles. The van der Waals surface area contributed by atoms with Crippen LogP contribution < -0.4 is 5.32 Å². The van der Waals surface area contributed by atoms with Gasteiger partial charge in [-0.25, -0.2) is 0 Å². The summed E-state index contributed by atoms with van der Waals surface area (Å²) < 4.78 is 1.91. The molecule has 1 fully saturated rings. The van der Waals surface area contributed by atoms with E-state index in [9.17, 15) is 0 Å². The summed E-state index contributed by atoms with van der Waals surface area (Å²) in [5.41, 5.74) is 0.307. The summed E-state index contributed by atoms with van der Waals surface area (Å²) in [5.74, 6) is 0.736. The molecule has 0 bridgehead atoms. The lowest BCUT2D eigenvalue weighted by Gasteiger charge is -2.31. The Morgan fingerprint density at radius 1 is 1.59 bits per heavy atom. The Kier molecular flexibility index (Phi) is 4.56. The third kappa shape index (κ3) is 3.46. The molecule has 1 nitrogen and oxygen atoms in total. The van der Waals surface area contributed by atoms with Gasteiger partial charge in [0.05, 0.1) is 0 Å². The van der Waals surface area contributed by atoms with Crippen LogP contribution in [0.25, 0.3) is 0 Å². The molecule has 2 rings (SSSR count). The predicted molar refractivity (Wildman–Crippen MR) is 80.2 cm³/mol. The van der Waals surface area contributed by atoms with E-state index in [4.69, 9.17) is 11.6 Å². The highest BCUT2D eigenvalue weighted by molar-refractivity contribution is 9.10. The minimum atomic E-state index is 0.307. The van der Waals surface area contributed by atoms with Gasteiger partial charge in [-0.15, -0.1) is 11.3 Å². The third-order valence-corrected chi connectivity index (χ3v) is 5.81. The van der Waals surface area contributed by atoms with Gasteiger partial charge in [-0.1, -0.05) is 25.4 Å². The van der Waals surface area contributed by atoms with Crippen molar-refractivity contribution in [3.8, 4) is 0 Å². The second-order valence-electron chi connectivity index (χ2n) is 5.42. The molecule has 0 saturated carbocycles. The topological polar surface area (TPSA) is 12.0 Å². The van der Waals surface area contributed by atoms with Gasteiger partial charge in [0.2, 0.25) is 0 Å². The van der Waals surface area contributed by atoms with E-state index in [0.717, 1.165) is 27.7 Å². The van der Waals surface area contributed by atoms with E-state index in [1.165, 1.54) is 24.1 Å². The molecule has 1 saturated heterocycles. The van der Waals surface area contributed by atoms with Crippen LogP contribution in [0.5, 0.6) is 0 Å². The largest absolute Gasteiger partial charge is 0.311 e. The summed E-state index contributed by atoms with van der Waals surface area (Å²) in [6.45, 7) is 5.77. The molecule has 0 amide bonds. The van der Waals surface area contributed by atoms with Crippen LogP contribution in [0.3, 0.4) is 0 Å². The van der Waals surface area contributed by atoms with Crippen molar-refractivity contribution in [1.29, 1.82) is 0 Å². The maximum Gasteiger partial charge on any atom is 0.107 e. The molecule has 4 heteroatoms. The summed E-state index contributed by atoms with van der Waals surface area (Å²) in [5, 5.41) is 3.73. The third-order valence-electron chi connectivity index (χ3n) is 3.34. The van der Waals surface area contributed by atoms with E-state index < -0.39 is 0 Å². The fourth-order valence-electron chi connectivity index (χ4n) is 2.86. The lowest BCUT2D eigenvalue weighted by molar-refractivity contribution is 0.303. The van der Waals surface area contributed by atoms with Crippen molar-refractivity contribution in [3.05, 3.63) is 19.8 Å². The number of halogens is 2. The van der Waals surface area contributed by atoms with E-state index >= 15 is 0 Å². The Morgan fingerprint density at radius 3 is 2.82 bits per heavy atom. The second kappa shape index (κ2) is 5.60. The zero-order valence-electron chi connectivity index (χ0n) is 10.4. The summed E-state index contributed by atoms with van der Waals surface area (Å²) in [6.07, 6.45) is 4.95. The van der Waals surface area contributed by atoms with E-state index in [0.29, 0.717) is 5.54 Å². The lowest BCUT2D eigenvalue weighted by atomic mass is 9.84. The van der Waals surface area contributed by atoms with Gasteiger partial charge in [0.25, 0.3) is 0 Å². The van der Waals surface area contributed by atoms with Crippen LogP contribution >= 0.6 is 38.9 Å². The zero-order chi connectivity index (χ0) is 12.5. The molecule has 1 aromatic rings. The summed E-state index contributed by atoms with van der Waals surface area (Å²) >= 11 is 11.3. The smallest absolute Gasteiger partial charge is 0.107 e. The second-order valence-corrected chi connectivity index (χ2v) is 8.01. The fraction of sp³-hybridized carbons (Fsp3) is 0.692. The molecule has 1 aromatic heterocycles. The van der Waals surface area contributed by atoms with E-state index in [1.54, 1.807) is 11.3 Å². The zero-order valence-corrected chi connectivity index (χ0v) is 13.5. The first-order valence-electron chi connectivity index (χ1n) is 6.19. The van der Waals surface area contributed by atoms with Gasteiger partial charge in [-0.2, -0.15) is 0 Å². The highest BCUT2D eigenvalue weighted by Crippen LogP contribution is 2.37. The summed E-state index contributed by atoms with van der Waals surface area (Å²) in [7, 11) is 0. The monoisotopic (exact) mass is 335 g/mol. The van der Waals surface area contributed by atoms with Crippen LogP contribution in [-0.2, 0) is 6.42 Å². The first-order chi connectivity index (χ1) is 8.01. The lowest BCUT2D eigenvalue weighted by Crippen LogP contribution is -2.42. The van der Waals surface area contributed by atoms with Gasteiger partial charge in [0.1, 0.15) is 4.34 Å². The van der Waals surface area contributed by atoms with Crippen molar-refractivity contribution >= 4 is 38.9 Å². The van der Waals surface area contributed by atoms with Crippen molar-refractivity contribution in [2.24, 2.45) is 5.92 Å². The predicted octanol–water partition coefficient (Wildman–Crippen LogP) is 4.87. The maximum atomic E-state index is 6.12. The molecule has 0 aliphatic carbocycles. The Labute approximate surface area is 121 Å². The van der Waals surface area contributed by atoms with Gasteiger partial charge in [-0.05, 0) is 53.7 Å². The fourth-order valence-corrected chi connectivity index (χ4v) is 4.79. The Bertz CT molecular complexity index is 363. The summed E-state index contributed by atoms with van der Waals surface area (Å²) in [6, 6.07) is 2.18. The van der Waals surface area contributed by atoms with Crippen LogP contribution in [0, 0.1) is 5.92 Å². The van der Waals surface area contributed by atoms with E-state index in [2.05, 4.69) is 41.2 Å². The van der Waals surface area contributed by atoms with Crippen LogP contribution in [0.1, 0.15) is 38.0 Å². The first-order valence-corrected chi connectivity index (χ1v) is 8.18. The normalized spacial score (nSPS) is 24.8. The molecule has 17 heavy (non-hydrogen) atoms. The highest BCUT2D eigenvalue weighted by Gasteiger charge is 2.34. The number of hydrogen-bond donors (Lipinski definition) is 1. The van der Waals surface area contributed by atoms with Crippen LogP contribution in [0.2, 0.25) is 4.34 Å². The molecule has 0 spiro atoms. The van der Waals surface area contributed by atoms with Gasteiger partial charge in [-0.3, -0.25) is 0 Å². The summed E-state index contributed by atoms with van der Waals surface area (Å²) in [4.78, 5) is 1.39. The number of thiophene rings is 1. The Balaban J connectivity index is 2.12. The van der Waals surface area contributed by atoms with Gasteiger partial charge in [0.15, 0.2) is 0 Å². The van der Waals surface area contributed by atoms with Crippen LogP contribution in [0.4, 0.5) is 0 Å². The standard InChI is InChI=1S/C13H19BrClNS/c1-9(2)7-13(4-3-5-16-13)8-10-6-11(14)12(15)17-10/h6,9,16H,3-5,7-8H2,1-2H3. The van der Waals surface area contributed by atoms with Crippen LogP contribution in [0.15, 0.2) is 10.5 Å². The number of rotatable bonds is 4. The molecule has 1 unspecified atom stereocenters. The minimum Gasteiger partial charge on any atom is -0.311 e. The minimum absolute atomic E-state index is 0.307. The quantitative estimate of drug-likeness (QED) is 0.826. The molecule has 1 atom stereocenters. The van der Waals surface area contributed by atoms with E-state index in [1.807, 2.05) is 0 Å². The highest BCUT2D eigenvalue weighted by atomic mass is 79.9. The van der Waals surface area contributed by atoms with Crippen LogP contribution in [-0.4, -0.2) is 12.1 Å². The molecular weight excluding hydrogens is 318 g/mol. The first kappa shape index (κ1) is 13.9. The van der Waals surface area contributed by atoms with Crippen molar-refractivity contribution in [3.63, 3.8) is 0 Å². The Morgan fingerprint density at radius 2 is 2.35 bits per heavy atom. The molecule has 1 N–H and O–H groups in total. The van der Waals surface area contributed by atoms with Gasteiger partial charge < -0.3 is 5.32 Å². The van der Waals surface area contributed by atoms with Gasteiger partial charge >= 0.3 is 0 Å². The average molecular weight is 337 g/mol. The molecule has 96 valence electrons. The molecule has 2 heterocycles. The Hall–Kier alpha value is 0.430. The molecule has 1 aliphatic heterocycles. The maximum absolute atomic E-state index is 6.12.